The first-order chi connectivity index (χ1) is 8.91. The largest absolute Gasteiger partial charge is 0.478 e. The molecule has 1 saturated heterocycles. The summed E-state index contributed by atoms with van der Waals surface area (Å²) in [6, 6.07) is 0.580. The standard InChI is InChI=1S/C13H21NO5/c1-9(6-12(15)16)13(17)19-5-4-14-10(2)7-18-8-11(14)3/h6,10-11H,4-5,7-8H2,1-3H3,(H,15,16)/b9-6+/t10-,11-/m0/s1. The lowest BCUT2D eigenvalue weighted by atomic mass is 10.2. The summed E-state index contributed by atoms with van der Waals surface area (Å²) in [6.07, 6.45) is 0.850. The highest BCUT2D eigenvalue weighted by Gasteiger charge is 2.25. The summed E-state index contributed by atoms with van der Waals surface area (Å²) in [6.45, 7) is 7.78. The van der Waals surface area contributed by atoms with E-state index in [9.17, 15) is 9.59 Å². The number of carbonyl (C=O) groups is 2. The van der Waals surface area contributed by atoms with Gasteiger partial charge in [0.25, 0.3) is 0 Å². The molecule has 1 fully saturated rings. The Bertz CT molecular complexity index is 356. The van der Waals surface area contributed by atoms with Crippen molar-refractivity contribution < 1.29 is 24.2 Å². The predicted octanol–water partition coefficient (Wildman–Crippen LogP) is 0.670. The number of carbonyl (C=O) groups excluding carboxylic acids is 1. The summed E-state index contributed by atoms with van der Waals surface area (Å²) in [5.41, 5.74) is 0.0931. The van der Waals surface area contributed by atoms with Crippen LogP contribution in [-0.2, 0) is 19.1 Å². The number of nitrogens with zero attached hydrogens (tertiary/aromatic N) is 1. The van der Waals surface area contributed by atoms with Crippen molar-refractivity contribution in [2.75, 3.05) is 26.4 Å². The molecule has 0 bridgehead atoms. The van der Waals surface area contributed by atoms with Crippen LogP contribution in [0.3, 0.4) is 0 Å². The average Bonchev–Trinajstić information content (AvgIpc) is 2.31. The van der Waals surface area contributed by atoms with Crippen molar-refractivity contribution in [1.29, 1.82) is 0 Å². The molecule has 0 radical (unpaired) electrons. The number of hydrogen-bond donors (Lipinski definition) is 1. The van der Waals surface area contributed by atoms with Crippen LogP contribution in [0.1, 0.15) is 20.8 Å². The third-order valence-corrected chi connectivity index (χ3v) is 3.10. The van der Waals surface area contributed by atoms with Crippen LogP contribution in [0.5, 0.6) is 0 Å². The van der Waals surface area contributed by atoms with E-state index in [1.165, 1.54) is 6.92 Å². The quantitative estimate of drug-likeness (QED) is 0.585. The molecule has 0 amide bonds. The fraction of sp³-hybridized carbons (Fsp3) is 0.692. The summed E-state index contributed by atoms with van der Waals surface area (Å²) in [5, 5.41) is 8.53. The highest BCUT2D eigenvalue weighted by molar-refractivity contribution is 5.95. The topological polar surface area (TPSA) is 76.1 Å². The van der Waals surface area contributed by atoms with Crippen LogP contribution < -0.4 is 0 Å². The molecule has 1 aliphatic heterocycles. The first-order valence-corrected chi connectivity index (χ1v) is 6.33. The number of carboxylic acid groups (broad SMARTS) is 1. The lowest BCUT2D eigenvalue weighted by Crippen LogP contribution is -2.50. The summed E-state index contributed by atoms with van der Waals surface area (Å²) in [5.74, 6) is -1.74. The molecular formula is C13H21NO5. The zero-order valence-corrected chi connectivity index (χ0v) is 11.6. The van der Waals surface area contributed by atoms with Crippen molar-refractivity contribution >= 4 is 11.9 Å². The molecule has 6 nitrogen and oxygen atoms in total. The fourth-order valence-corrected chi connectivity index (χ4v) is 2.08. The summed E-state index contributed by atoms with van der Waals surface area (Å²) in [7, 11) is 0. The normalized spacial score (nSPS) is 25.1. The second-order valence-corrected chi connectivity index (χ2v) is 4.77. The van der Waals surface area contributed by atoms with Crippen LogP contribution in [0.15, 0.2) is 11.6 Å². The molecule has 1 rings (SSSR count). The molecule has 1 heterocycles. The van der Waals surface area contributed by atoms with Gasteiger partial charge in [0.15, 0.2) is 0 Å². The maximum absolute atomic E-state index is 11.5. The first-order valence-electron chi connectivity index (χ1n) is 6.33. The zero-order chi connectivity index (χ0) is 14.4. The number of aliphatic carboxylic acids is 1. The average molecular weight is 271 g/mol. The second kappa shape index (κ2) is 7.25. The number of morpholine rings is 1. The number of esters is 1. The van der Waals surface area contributed by atoms with Gasteiger partial charge in [0, 0.05) is 30.3 Å². The zero-order valence-electron chi connectivity index (χ0n) is 11.6. The van der Waals surface area contributed by atoms with Gasteiger partial charge in [0.2, 0.25) is 0 Å². The number of rotatable bonds is 5. The molecule has 0 aromatic carbocycles. The van der Waals surface area contributed by atoms with Gasteiger partial charge in [-0.2, -0.15) is 0 Å². The van der Waals surface area contributed by atoms with Crippen LogP contribution in [0.4, 0.5) is 0 Å². The SMILES string of the molecule is C/C(=C\C(=O)O)C(=O)OCCN1[C@@H](C)COC[C@@H]1C. The Morgan fingerprint density at radius 3 is 2.47 bits per heavy atom. The first kappa shape index (κ1) is 15.7. The van der Waals surface area contributed by atoms with Crippen LogP contribution in [0.2, 0.25) is 0 Å². The molecule has 1 N–H and O–H groups in total. The third kappa shape index (κ3) is 5.00. The highest BCUT2D eigenvalue weighted by Crippen LogP contribution is 2.12. The number of ether oxygens (including phenoxy) is 2. The molecule has 19 heavy (non-hydrogen) atoms. The molecule has 0 aliphatic carbocycles. The minimum atomic E-state index is -1.15. The maximum Gasteiger partial charge on any atom is 0.334 e. The number of hydrogen-bond acceptors (Lipinski definition) is 5. The predicted molar refractivity (Wildman–Crippen MR) is 68.8 cm³/mol. The molecule has 0 spiro atoms. The molecule has 2 atom stereocenters. The van der Waals surface area contributed by atoms with E-state index in [-0.39, 0.29) is 24.3 Å². The van der Waals surface area contributed by atoms with E-state index in [0.717, 1.165) is 6.08 Å². The van der Waals surface area contributed by atoms with Gasteiger partial charge in [-0.3, -0.25) is 4.90 Å². The molecule has 0 aromatic rings. The molecule has 108 valence electrons. The monoisotopic (exact) mass is 271 g/mol. The van der Waals surface area contributed by atoms with E-state index < -0.39 is 11.9 Å². The van der Waals surface area contributed by atoms with E-state index in [1.54, 1.807) is 0 Å². The molecule has 0 unspecified atom stereocenters. The van der Waals surface area contributed by atoms with Gasteiger partial charge in [-0.05, 0) is 20.8 Å². The van der Waals surface area contributed by atoms with Crippen molar-refractivity contribution in [1.82, 2.24) is 4.90 Å². The molecule has 1 aliphatic rings. The Hall–Kier alpha value is -1.40. The van der Waals surface area contributed by atoms with Crippen LogP contribution >= 0.6 is 0 Å². The fourth-order valence-electron chi connectivity index (χ4n) is 2.08. The summed E-state index contributed by atoms with van der Waals surface area (Å²) in [4.78, 5) is 24.1. The van der Waals surface area contributed by atoms with Gasteiger partial charge < -0.3 is 14.6 Å². The smallest absolute Gasteiger partial charge is 0.334 e. The molecule has 0 saturated carbocycles. The lowest BCUT2D eigenvalue weighted by Gasteiger charge is -2.38. The van der Waals surface area contributed by atoms with Crippen molar-refractivity contribution in [3.63, 3.8) is 0 Å². The van der Waals surface area contributed by atoms with E-state index in [4.69, 9.17) is 14.6 Å². The Labute approximate surface area is 113 Å². The van der Waals surface area contributed by atoms with Gasteiger partial charge >= 0.3 is 11.9 Å². The second-order valence-electron chi connectivity index (χ2n) is 4.77. The molecule has 6 heteroatoms. The van der Waals surface area contributed by atoms with Crippen molar-refractivity contribution in [3.05, 3.63) is 11.6 Å². The van der Waals surface area contributed by atoms with E-state index in [2.05, 4.69) is 18.7 Å². The molecule has 0 aromatic heterocycles. The van der Waals surface area contributed by atoms with Gasteiger partial charge in [0.1, 0.15) is 6.61 Å². The van der Waals surface area contributed by atoms with Gasteiger partial charge in [0.05, 0.1) is 13.2 Å². The van der Waals surface area contributed by atoms with Crippen LogP contribution in [-0.4, -0.2) is 60.4 Å². The van der Waals surface area contributed by atoms with Gasteiger partial charge in [-0.1, -0.05) is 0 Å². The highest BCUT2D eigenvalue weighted by atomic mass is 16.5. The molecular weight excluding hydrogens is 250 g/mol. The Balaban J connectivity index is 2.37. The summed E-state index contributed by atoms with van der Waals surface area (Å²) < 4.78 is 10.5. The van der Waals surface area contributed by atoms with Crippen LogP contribution in [0, 0.1) is 0 Å². The van der Waals surface area contributed by atoms with Crippen molar-refractivity contribution in [2.24, 2.45) is 0 Å². The minimum Gasteiger partial charge on any atom is -0.478 e. The lowest BCUT2D eigenvalue weighted by molar-refractivity contribution is -0.141. The van der Waals surface area contributed by atoms with E-state index >= 15 is 0 Å². The van der Waals surface area contributed by atoms with E-state index in [1.807, 2.05) is 0 Å². The Morgan fingerprint density at radius 1 is 1.37 bits per heavy atom. The third-order valence-electron chi connectivity index (χ3n) is 3.10. The Kier molecular flexibility index (Phi) is 5.98. The van der Waals surface area contributed by atoms with Crippen molar-refractivity contribution in [3.8, 4) is 0 Å². The van der Waals surface area contributed by atoms with Gasteiger partial charge in [-0.15, -0.1) is 0 Å². The van der Waals surface area contributed by atoms with Gasteiger partial charge in [-0.25, -0.2) is 9.59 Å². The number of carboxylic acids is 1. The van der Waals surface area contributed by atoms with Crippen LogP contribution in [0.25, 0.3) is 0 Å². The maximum atomic E-state index is 11.5. The summed E-state index contributed by atoms with van der Waals surface area (Å²) >= 11 is 0. The minimum absolute atomic E-state index is 0.0931. The van der Waals surface area contributed by atoms with Crippen molar-refractivity contribution in [2.45, 2.75) is 32.9 Å². The van der Waals surface area contributed by atoms with E-state index in [0.29, 0.717) is 19.8 Å². The Morgan fingerprint density at radius 2 is 1.95 bits per heavy atom.